The maximum absolute atomic E-state index is 10.7. The summed E-state index contributed by atoms with van der Waals surface area (Å²) in [5, 5.41) is 0.677. The van der Waals surface area contributed by atoms with E-state index in [0.29, 0.717) is 18.1 Å². The van der Waals surface area contributed by atoms with Crippen LogP contribution in [0.25, 0.3) is 0 Å². The standard InChI is InChI=1S/C12H15ClO2/c1-10(14)5-2-3-8-15-12-7-4-6-11(13)9-12/h4,6-7,9H,2-3,5,8H2,1H3. The number of hydrogen-bond acceptors (Lipinski definition) is 2. The first-order valence-electron chi connectivity index (χ1n) is 5.06. The van der Waals surface area contributed by atoms with Crippen LogP contribution in [0.3, 0.4) is 0 Å². The Morgan fingerprint density at radius 1 is 1.40 bits per heavy atom. The number of benzene rings is 1. The van der Waals surface area contributed by atoms with Gasteiger partial charge in [0.2, 0.25) is 0 Å². The van der Waals surface area contributed by atoms with E-state index >= 15 is 0 Å². The highest BCUT2D eigenvalue weighted by atomic mass is 35.5. The molecule has 0 aliphatic carbocycles. The second kappa shape index (κ2) is 6.46. The zero-order valence-electron chi connectivity index (χ0n) is 8.83. The lowest BCUT2D eigenvalue weighted by atomic mass is 10.2. The lowest BCUT2D eigenvalue weighted by molar-refractivity contribution is -0.117. The lowest BCUT2D eigenvalue weighted by Gasteiger charge is -2.05. The summed E-state index contributed by atoms with van der Waals surface area (Å²) in [4.78, 5) is 10.7. The van der Waals surface area contributed by atoms with Crippen LogP contribution in [0.5, 0.6) is 5.75 Å². The summed E-state index contributed by atoms with van der Waals surface area (Å²) in [6.45, 7) is 2.24. The van der Waals surface area contributed by atoms with Crippen molar-refractivity contribution in [1.29, 1.82) is 0 Å². The van der Waals surface area contributed by atoms with Gasteiger partial charge in [-0.25, -0.2) is 0 Å². The Morgan fingerprint density at radius 3 is 2.87 bits per heavy atom. The molecule has 0 spiro atoms. The van der Waals surface area contributed by atoms with Gasteiger partial charge in [0.1, 0.15) is 11.5 Å². The molecule has 0 aliphatic heterocycles. The van der Waals surface area contributed by atoms with E-state index in [1.165, 1.54) is 0 Å². The van der Waals surface area contributed by atoms with Crippen molar-refractivity contribution in [2.45, 2.75) is 26.2 Å². The molecule has 0 amide bonds. The first kappa shape index (κ1) is 12.1. The van der Waals surface area contributed by atoms with Gasteiger partial charge >= 0.3 is 0 Å². The van der Waals surface area contributed by atoms with Crippen LogP contribution in [0.4, 0.5) is 0 Å². The van der Waals surface area contributed by atoms with Crippen LogP contribution in [0, 0.1) is 0 Å². The third kappa shape index (κ3) is 5.43. The van der Waals surface area contributed by atoms with E-state index in [0.717, 1.165) is 18.6 Å². The highest BCUT2D eigenvalue weighted by Gasteiger charge is 1.96. The number of hydrogen-bond donors (Lipinski definition) is 0. The molecule has 0 radical (unpaired) electrons. The molecule has 1 aromatic rings. The summed E-state index contributed by atoms with van der Waals surface area (Å²) < 4.78 is 5.47. The fraction of sp³-hybridized carbons (Fsp3) is 0.417. The van der Waals surface area contributed by atoms with E-state index in [-0.39, 0.29) is 5.78 Å². The van der Waals surface area contributed by atoms with Gasteiger partial charge in [-0.15, -0.1) is 0 Å². The summed E-state index contributed by atoms with van der Waals surface area (Å²) in [5.74, 6) is 1.02. The first-order chi connectivity index (χ1) is 7.18. The molecule has 3 heteroatoms. The van der Waals surface area contributed by atoms with E-state index in [2.05, 4.69) is 0 Å². The predicted octanol–water partition coefficient (Wildman–Crippen LogP) is 3.48. The van der Waals surface area contributed by atoms with Crippen LogP contribution >= 0.6 is 11.6 Å². The van der Waals surface area contributed by atoms with Gasteiger partial charge in [-0.05, 0) is 38.0 Å². The number of carbonyl (C=O) groups excluding carboxylic acids is 1. The van der Waals surface area contributed by atoms with Crippen LogP contribution in [0.1, 0.15) is 26.2 Å². The Morgan fingerprint density at radius 2 is 2.20 bits per heavy atom. The number of carbonyl (C=O) groups is 1. The van der Waals surface area contributed by atoms with Crippen LogP contribution < -0.4 is 4.74 Å². The third-order valence-corrected chi connectivity index (χ3v) is 2.22. The largest absolute Gasteiger partial charge is 0.494 e. The quantitative estimate of drug-likeness (QED) is 0.695. The fourth-order valence-electron chi connectivity index (χ4n) is 1.22. The van der Waals surface area contributed by atoms with E-state index < -0.39 is 0 Å². The van der Waals surface area contributed by atoms with E-state index in [4.69, 9.17) is 16.3 Å². The summed E-state index contributed by atoms with van der Waals surface area (Å²) in [6.07, 6.45) is 2.42. The van der Waals surface area contributed by atoms with Gasteiger partial charge in [-0.2, -0.15) is 0 Å². The molecule has 0 aliphatic rings. The van der Waals surface area contributed by atoms with Crippen LogP contribution in [-0.2, 0) is 4.79 Å². The lowest BCUT2D eigenvalue weighted by Crippen LogP contribution is -1.98. The van der Waals surface area contributed by atoms with Gasteiger partial charge < -0.3 is 9.53 Å². The molecule has 0 saturated heterocycles. The molecule has 0 N–H and O–H groups in total. The molecule has 0 atom stereocenters. The van der Waals surface area contributed by atoms with Crippen molar-refractivity contribution in [3.63, 3.8) is 0 Å². The molecule has 0 heterocycles. The van der Waals surface area contributed by atoms with Gasteiger partial charge in [0.15, 0.2) is 0 Å². The number of unbranched alkanes of at least 4 members (excludes halogenated alkanes) is 1. The van der Waals surface area contributed by atoms with E-state index in [9.17, 15) is 4.79 Å². The zero-order valence-corrected chi connectivity index (χ0v) is 9.59. The Kier molecular flexibility index (Phi) is 5.19. The summed E-state index contributed by atoms with van der Waals surface area (Å²) in [7, 11) is 0. The Hall–Kier alpha value is -1.02. The summed E-state index contributed by atoms with van der Waals surface area (Å²) in [5.41, 5.74) is 0. The molecular weight excluding hydrogens is 212 g/mol. The minimum Gasteiger partial charge on any atom is -0.494 e. The number of ketones is 1. The fourth-order valence-corrected chi connectivity index (χ4v) is 1.40. The Labute approximate surface area is 95.2 Å². The van der Waals surface area contributed by atoms with Crippen molar-refractivity contribution in [3.8, 4) is 5.75 Å². The predicted molar refractivity (Wildman–Crippen MR) is 61.5 cm³/mol. The van der Waals surface area contributed by atoms with Crippen molar-refractivity contribution in [1.82, 2.24) is 0 Å². The second-order valence-electron chi connectivity index (χ2n) is 3.46. The smallest absolute Gasteiger partial charge is 0.129 e. The average molecular weight is 227 g/mol. The summed E-state index contributed by atoms with van der Waals surface area (Å²) in [6, 6.07) is 7.32. The van der Waals surface area contributed by atoms with Crippen molar-refractivity contribution in [2.24, 2.45) is 0 Å². The average Bonchev–Trinajstić information content (AvgIpc) is 2.17. The van der Waals surface area contributed by atoms with Crippen LogP contribution in [0.2, 0.25) is 5.02 Å². The normalized spacial score (nSPS) is 10.0. The number of Topliss-reactive ketones (excluding diaryl/α,β-unsaturated/α-hetero) is 1. The maximum atomic E-state index is 10.7. The van der Waals surface area contributed by atoms with Gasteiger partial charge in [0.25, 0.3) is 0 Å². The molecule has 1 rings (SSSR count). The number of rotatable bonds is 6. The topological polar surface area (TPSA) is 26.3 Å². The molecule has 0 saturated carbocycles. The maximum Gasteiger partial charge on any atom is 0.129 e. The Balaban J connectivity index is 2.17. The van der Waals surface area contributed by atoms with Crippen molar-refractivity contribution < 1.29 is 9.53 Å². The van der Waals surface area contributed by atoms with E-state index in [1.807, 2.05) is 18.2 Å². The molecule has 1 aromatic carbocycles. The Bertz CT molecular complexity index is 323. The highest BCUT2D eigenvalue weighted by molar-refractivity contribution is 6.30. The highest BCUT2D eigenvalue weighted by Crippen LogP contribution is 2.17. The van der Waals surface area contributed by atoms with Gasteiger partial charge in [0, 0.05) is 11.4 Å². The van der Waals surface area contributed by atoms with E-state index in [1.54, 1.807) is 13.0 Å². The molecular formula is C12H15ClO2. The van der Waals surface area contributed by atoms with Crippen LogP contribution in [0.15, 0.2) is 24.3 Å². The number of ether oxygens (including phenoxy) is 1. The van der Waals surface area contributed by atoms with Crippen molar-refractivity contribution in [3.05, 3.63) is 29.3 Å². The van der Waals surface area contributed by atoms with Crippen molar-refractivity contribution >= 4 is 17.4 Å². The first-order valence-corrected chi connectivity index (χ1v) is 5.44. The minimum absolute atomic E-state index is 0.234. The number of halogens is 1. The second-order valence-corrected chi connectivity index (χ2v) is 3.90. The van der Waals surface area contributed by atoms with Crippen LogP contribution in [-0.4, -0.2) is 12.4 Å². The monoisotopic (exact) mass is 226 g/mol. The van der Waals surface area contributed by atoms with Crippen molar-refractivity contribution in [2.75, 3.05) is 6.61 Å². The molecule has 82 valence electrons. The SMILES string of the molecule is CC(=O)CCCCOc1cccc(Cl)c1. The molecule has 2 nitrogen and oxygen atoms in total. The zero-order chi connectivity index (χ0) is 11.1. The van der Waals surface area contributed by atoms with Gasteiger partial charge in [-0.1, -0.05) is 17.7 Å². The van der Waals surface area contributed by atoms with Gasteiger partial charge in [0.05, 0.1) is 6.61 Å². The summed E-state index contributed by atoms with van der Waals surface area (Å²) >= 11 is 5.80. The molecule has 0 fully saturated rings. The van der Waals surface area contributed by atoms with Gasteiger partial charge in [-0.3, -0.25) is 0 Å². The minimum atomic E-state index is 0.234. The molecule has 0 unspecified atom stereocenters. The molecule has 0 aromatic heterocycles. The third-order valence-electron chi connectivity index (χ3n) is 1.99. The molecule has 15 heavy (non-hydrogen) atoms. The molecule has 0 bridgehead atoms.